The fourth-order valence-corrected chi connectivity index (χ4v) is 3.17. The first kappa shape index (κ1) is 17.0. The largest absolute Gasteiger partial charge is 0.385 e. The highest BCUT2D eigenvalue weighted by Crippen LogP contribution is 2.31. The molecule has 1 aromatic rings. The number of carbonyl (C=O) groups is 1. The number of rotatable bonds is 5. The van der Waals surface area contributed by atoms with Crippen LogP contribution in [-0.2, 0) is 11.8 Å². The molecule has 0 N–H and O–H groups in total. The highest BCUT2D eigenvalue weighted by atomic mass is 16.5. The number of aryl methyl sites for hydroxylation is 2. The molecule has 0 radical (unpaired) electrons. The molecule has 1 amide bonds. The van der Waals surface area contributed by atoms with Crippen LogP contribution in [0.4, 0.5) is 0 Å². The Morgan fingerprint density at radius 3 is 2.50 bits per heavy atom. The minimum atomic E-state index is 0.0443. The Labute approximate surface area is 133 Å². The lowest BCUT2D eigenvalue weighted by Crippen LogP contribution is -2.54. The number of amides is 1. The quantitative estimate of drug-likeness (QED) is 0.823. The molecule has 1 aliphatic heterocycles. The summed E-state index contributed by atoms with van der Waals surface area (Å²) in [5, 5.41) is 4.30. The molecule has 0 spiro atoms. The fourth-order valence-electron chi connectivity index (χ4n) is 3.17. The van der Waals surface area contributed by atoms with Gasteiger partial charge in [-0.3, -0.25) is 9.48 Å². The average Bonchev–Trinajstić information content (AvgIpc) is 2.84. The van der Waals surface area contributed by atoms with Crippen molar-refractivity contribution in [2.45, 2.75) is 31.7 Å². The lowest BCUT2D eigenvalue weighted by molar-refractivity contribution is 0.0251. The van der Waals surface area contributed by atoms with E-state index in [0.717, 1.165) is 44.7 Å². The molecule has 0 bridgehead atoms. The number of ether oxygens (including phenoxy) is 1. The van der Waals surface area contributed by atoms with Crippen LogP contribution in [0.5, 0.6) is 0 Å². The number of hydrogen-bond acceptors (Lipinski definition) is 4. The van der Waals surface area contributed by atoms with Crippen LogP contribution in [-0.4, -0.2) is 71.9 Å². The zero-order chi connectivity index (χ0) is 16.3. The number of aromatic nitrogens is 2. The molecule has 0 saturated carbocycles. The van der Waals surface area contributed by atoms with Crippen LogP contribution >= 0.6 is 0 Å². The molecule has 6 heteroatoms. The number of piperidine rings is 1. The van der Waals surface area contributed by atoms with Gasteiger partial charge in [0, 0.05) is 45.1 Å². The summed E-state index contributed by atoms with van der Waals surface area (Å²) in [4.78, 5) is 16.8. The Kier molecular flexibility index (Phi) is 5.24. The molecular weight excluding hydrogens is 280 g/mol. The van der Waals surface area contributed by atoms with Gasteiger partial charge in [0.05, 0.1) is 0 Å². The SMILES string of the molecule is COCCC1(N(C)C)CCN(C(=O)c2cc(C)n(C)n2)CC1. The van der Waals surface area contributed by atoms with Gasteiger partial charge >= 0.3 is 0 Å². The van der Waals surface area contributed by atoms with E-state index < -0.39 is 0 Å². The van der Waals surface area contributed by atoms with E-state index >= 15 is 0 Å². The molecule has 2 rings (SSSR count). The summed E-state index contributed by atoms with van der Waals surface area (Å²) in [5.74, 6) is 0.0443. The molecule has 2 heterocycles. The zero-order valence-corrected chi connectivity index (χ0v) is 14.4. The maximum Gasteiger partial charge on any atom is 0.274 e. The maximum absolute atomic E-state index is 12.6. The van der Waals surface area contributed by atoms with Gasteiger partial charge in [0.2, 0.25) is 0 Å². The van der Waals surface area contributed by atoms with Crippen molar-refractivity contribution in [1.29, 1.82) is 0 Å². The minimum Gasteiger partial charge on any atom is -0.385 e. The van der Waals surface area contributed by atoms with Crippen LogP contribution in [0.1, 0.15) is 35.4 Å². The summed E-state index contributed by atoms with van der Waals surface area (Å²) >= 11 is 0. The molecule has 1 aromatic heterocycles. The van der Waals surface area contributed by atoms with E-state index in [9.17, 15) is 4.79 Å². The van der Waals surface area contributed by atoms with E-state index in [4.69, 9.17) is 4.74 Å². The molecule has 1 aliphatic rings. The van der Waals surface area contributed by atoms with Crippen molar-refractivity contribution >= 4 is 5.91 Å². The lowest BCUT2D eigenvalue weighted by Gasteiger charge is -2.46. The van der Waals surface area contributed by atoms with Gasteiger partial charge in [0.25, 0.3) is 5.91 Å². The molecule has 6 nitrogen and oxygen atoms in total. The zero-order valence-electron chi connectivity index (χ0n) is 14.4. The highest BCUT2D eigenvalue weighted by molar-refractivity contribution is 5.92. The van der Waals surface area contributed by atoms with Crippen LogP contribution in [0.25, 0.3) is 0 Å². The predicted molar refractivity (Wildman–Crippen MR) is 86.0 cm³/mol. The standard InChI is InChI=1S/C16H28N4O2/c1-13-12-14(17-19(13)4)15(21)20-9-6-16(7-10-20,18(2)3)8-11-22-5/h12H,6-11H2,1-5H3. The van der Waals surface area contributed by atoms with Crippen molar-refractivity contribution in [3.8, 4) is 0 Å². The molecule has 124 valence electrons. The summed E-state index contributed by atoms with van der Waals surface area (Å²) in [5.41, 5.74) is 1.68. The van der Waals surface area contributed by atoms with Gasteiger partial charge in [-0.05, 0) is 46.3 Å². The van der Waals surface area contributed by atoms with E-state index in [0.29, 0.717) is 5.69 Å². The molecule has 0 aromatic carbocycles. The molecular formula is C16H28N4O2. The molecule has 1 saturated heterocycles. The van der Waals surface area contributed by atoms with Crippen molar-refractivity contribution in [1.82, 2.24) is 19.6 Å². The summed E-state index contributed by atoms with van der Waals surface area (Å²) in [6.07, 6.45) is 2.95. The molecule has 0 unspecified atom stereocenters. The topological polar surface area (TPSA) is 50.6 Å². The van der Waals surface area contributed by atoms with Gasteiger partial charge in [-0.15, -0.1) is 0 Å². The normalized spacial score (nSPS) is 18.0. The first-order valence-electron chi connectivity index (χ1n) is 7.86. The highest BCUT2D eigenvalue weighted by Gasteiger charge is 2.37. The van der Waals surface area contributed by atoms with Gasteiger partial charge < -0.3 is 14.5 Å². The van der Waals surface area contributed by atoms with Crippen LogP contribution in [0.3, 0.4) is 0 Å². The monoisotopic (exact) mass is 308 g/mol. The van der Waals surface area contributed by atoms with E-state index in [1.54, 1.807) is 11.8 Å². The van der Waals surface area contributed by atoms with E-state index in [1.807, 2.05) is 24.9 Å². The third-order valence-corrected chi connectivity index (χ3v) is 5.03. The summed E-state index contributed by atoms with van der Waals surface area (Å²) in [6.45, 7) is 4.26. The molecule has 22 heavy (non-hydrogen) atoms. The van der Waals surface area contributed by atoms with Crippen molar-refractivity contribution in [2.24, 2.45) is 7.05 Å². The number of methoxy groups -OCH3 is 1. The first-order chi connectivity index (χ1) is 10.4. The van der Waals surface area contributed by atoms with E-state index in [2.05, 4.69) is 24.1 Å². The Hall–Kier alpha value is -1.40. The number of hydrogen-bond donors (Lipinski definition) is 0. The van der Waals surface area contributed by atoms with Gasteiger partial charge in [0.15, 0.2) is 5.69 Å². The Morgan fingerprint density at radius 2 is 2.05 bits per heavy atom. The second kappa shape index (κ2) is 6.79. The third-order valence-electron chi connectivity index (χ3n) is 5.03. The van der Waals surface area contributed by atoms with Gasteiger partial charge in [-0.1, -0.05) is 0 Å². The van der Waals surface area contributed by atoms with Crippen LogP contribution in [0, 0.1) is 6.92 Å². The Morgan fingerprint density at radius 1 is 1.41 bits per heavy atom. The lowest BCUT2D eigenvalue weighted by atomic mass is 9.83. The van der Waals surface area contributed by atoms with Crippen molar-refractivity contribution < 1.29 is 9.53 Å². The molecule has 1 fully saturated rings. The molecule has 0 atom stereocenters. The van der Waals surface area contributed by atoms with E-state index in [-0.39, 0.29) is 11.4 Å². The molecule has 0 aliphatic carbocycles. The summed E-state index contributed by atoms with van der Waals surface area (Å²) < 4.78 is 7.01. The summed E-state index contributed by atoms with van der Waals surface area (Å²) in [7, 11) is 7.85. The Bertz CT molecular complexity index is 497. The first-order valence-corrected chi connectivity index (χ1v) is 7.86. The Balaban J connectivity index is 2.02. The third kappa shape index (κ3) is 3.33. The van der Waals surface area contributed by atoms with E-state index in [1.165, 1.54) is 0 Å². The van der Waals surface area contributed by atoms with Crippen molar-refractivity contribution in [3.05, 3.63) is 17.5 Å². The second-order valence-corrected chi connectivity index (χ2v) is 6.45. The maximum atomic E-state index is 12.6. The van der Waals surface area contributed by atoms with Crippen LogP contribution < -0.4 is 0 Å². The predicted octanol–water partition coefficient (Wildman–Crippen LogP) is 1.30. The van der Waals surface area contributed by atoms with Crippen LogP contribution in [0.15, 0.2) is 6.07 Å². The van der Waals surface area contributed by atoms with Crippen molar-refractivity contribution in [2.75, 3.05) is 40.9 Å². The summed E-state index contributed by atoms with van der Waals surface area (Å²) in [6, 6.07) is 1.86. The van der Waals surface area contributed by atoms with Gasteiger partial charge in [0.1, 0.15) is 0 Å². The number of likely N-dealkylation sites (tertiary alicyclic amines) is 1. The van der Waals surface area contributed by atoms with Gasteiger partial charge in [-0.25, -0.2) is 0 Å². The number of nitrogens with zero attached hydrogens (tertiary/aromatic N) is 4. The van der Waals surface area contributed by atoms with Gasteiger partial charge in [-0.2, -0.15) is 5.10 Å². The second-order valence-electron chi connectivity index (χ2n) is 6.45. The number of carbonyl (C=O) groups excluding carboxylic acids is 1. The average molecular weight is 308 g/mol. The minimum absolute atomic E-state index is 0.0443. The van der Waals surface area contributed by atoms with Crippen molar-refractivity contribution in [3.63, 3.8) is 0 Å². The van der Waals surface area contributed by atoms with Crippen LogP contribution in [0.2, 0.25) is 0 Å². The smallest absolute Gasteiger partial charge is 0.274 e. The fraction of sp³-hybridized carbons (Fsp3) is 0.750.